The van der Waals surface area contributed by atoms with Crippen molar-refractivity contribution < 1.29 is 4.74 Å². The Balaban J connectivity index is 1.91. The first kappa shape index (κ1) is 13.4. The van der Waals surface area contributed by atoms with Crippen LogP contribution in [0.3, 0.4) is 0 Å². The maximum atomic E-state index is 5.29. The molecule has 1 aliphatic rings. The van der Waals surface area contributed by atoms with Crippen molar-refractivity contribution in [3.05, 3.63) is 29.3 Å². The summed E-state index contributed by atoms with van der Waals surface area (Å²) >= 11 is 0. The molecule has 0 radical (unpaired) electrons. The Kier molecular flexibility index (Phi) is 4.65. The minimum Gasteiger partial charge on any atom is -0.496 e. The molecule has 0 aliphatic heterocycles. The molecule has 0 bridgehead atoms. The molecule has 0 saturated heterocycles. The van der Waals surface area contributed by atoms with Crippen LogP contribution in [0.4, 0.5) is 0 Å². The summed E-state index contributed by atoms with van der Waals surface area (Å²) in [4.78, 5) is 0. The molecule has 0 heterocycles. The van der Waals surface area contributed by atoms with Crippen molar-refractivity contribution in [3.63, 3.8) is 0 Å². The first-order valence-corrected chi connectivity index (χ1v) is 7.07. The summed E-state index contributed by atoms with van der Waals surface area (Å²) in [5, 5.41) is 3.71. The van der Waals surface area contributed by atoms with Crippen LogP contribution in [0, 0.1) is 12.8 Å². The number of rotatable bonds is 4. The van der Waals surface area contributed by atoms with Crippen LogP contribution in [0.5, 0.6) is 5.75 Å². The number of aryl methyl sites for hydroxylation is 1. The molecule has 1 aliphatic carbocycles. The van der Waals surface area contributed by atoms with Crippen molar-refractivity contribution in [2.75, 3.05) is 7.11 Å². The zero-order valence-corrected chi connectivity index (χ0v) is 11.8. The molecule has 1 fully saturated rings. The van der Waals surface area contributed by atoms with E-state index in [1.54, 1.807) is 7.11 Å². The summed E-state index contributed by atoms with van der Waals surface area (Å²) in [6, 6.07) is 7.14. The zero-order chi connectivity index (χ0) is 13.0. The summed E-state index contributed by atoms with van der Waals surface area (Å²) < 4.78 is 5.29. The smallest absolute Gasteiger partial charge is 0.121 e. The fourth-order valence-corrected chi connectivity index (χ4v) is 2.92. The quantitative estimate of drug-likeness (QED) is 0.876. The van der Waals surface area contributed by atoms with Crippen LogP contribution in [0.15, 0.2) is 18.2 Å². The van der Waals surface area contributed by atoms with Gasteiger partial charge in [-0.15, -0.1) is 0 Å². The van der Waals surface area contributed by atoms with Crippen LogP contribution in [0.1, 0.15) is 43.7 Å². The molecule has 0 unspecified atom stereocenters. The van der Waals surface area contributed by atoms with Gasteiger partial charge in [0.25, 0.3) is 0 Å². The Bertz CT molecular complexity index is 389. The first-order valence-electron chi connectivity index (χ1n) is 7.07. The molecular weight excluding hydrogens is 222 g/mol. The van der Waals surface area contributed by atoms with Gasteiger partial charge in [-0.3, -0.25) is 0 Å². The van der Waals surface area contributed by atoms with Crippen LogP contribution in [0.25, 0.3) is 0 Å². The van der Waals surface area contributed by atoms with Crippen molar-refractivity contribution >= 4 is 0 Å². The Morgan fingerprint density at radius 3 is 2.72 bits per heavy atom. The van der Waals surface area contributed by atoms with E-state index in [-0.39, 0.29) is 0 Å². The highest BCUT2D eigenvalue weighted by Crippen LogP contribution is 2.24. The standard InChI is InChI=1S/C16H25NO/c1-12-6-4-5-7-15(12)17-11-14-8-9-16(18-3)13(2)10-14/h8-10,12,15,17H,4-7,11H2,1-3H3/t12-,15+/m1/s1. The zero-order valence-electron chi connectivity index (χ0n) is 11.8. The maximum absolute atomic E-state index is 5.29. The molecule has 2 rings (SSSR count). The monoisotopic (exact) mass is 247 g/mol. The lowest BCUT2D eigenvalue weighted by Crippen LogP contribution is -2.36. The summed E-state index contributed by atoms with van der Waals surface area (Å²) in [7, 11) is 1.73. The molecule has 1 aromatic carbocycles. The van der Waals surface area contributed by atoms with E-state index in [0.717, 1.165) is 18.2 Å². The van der Waals surface area contributed by atoms with Crippen LogP contribution < -0.4 is 10.1 Å². The van der Waals surface area contributed by atoms with Crippen molar-refractivity contribution in [1.29, 1.82) is 0 Å². The van der Waals surface area contributed by atoms with Gasteiger partial charge in [-0.05, 0) is 42.9 Å². The molecule has 1 aromatic rings. The topological polar surface area (TPSA) is 21.3 Å². The molecule has 18 heavy (non-hydrogen) atoms. The Morgan fingerprint density at radius 2 is 2.06 bits per heavy atom. The highest BCUT2D eigenvalue weighted by molar-refractivity contribution is 5.36. The highest BCUT2D eigenvalue weighted by Gasteiger charge is 2.20. The van der Waals surface area contributed by atoms with Crippen LogP contribution in [-0.4, -0.2) is 13.2 Å². The van der Waals surface area contributed by atoms with Gasteiger partial charge < -0.3 is 10.1 Å². The average Bonchev–Trinajstić information content (AvgIpc) is 2.38. The number of nitrogens with one attached hydrogen (secondary N) is 1. The summed E-state index contributed by atoms with van der Waals surface area (Å²) in [5.41, 5.74) is 2.57. The Hall–Kier alpha value is -1.02. The molecule has 1 saturated carbocycles. The van der Waals surface area contributed by atoms with Gasteiger partial charge in [-0.1, -0.05) is 31.9 Å². The second-order valence-electron chi connectivity index (χ2n) is 5.55. The van der Waals surface area contributed by atoms with E-state index in [1.807, 2.05) is 0 Å². The number of benzene rings is 1. The third-order valence-electron chi connectivity index (χ3n) is 4.14. The van der Waals surface area contributed by atoms with Crippen molar-refractivity contribution in [1.82, 2.24) is 5.32 Å². The van der Waals surface area contributed by atoms with Gasteiger partial charge in [0.05, 0.1) is 7.11 Å². The van der Waals surface area contributed by atoms with Crippen LogP contribution >= 0.6 is 0 Å². The van der Waals surface area contributed by atoms with Crippen LogP contribution in [0.2, 0.25) is 0 Å². The SMILES string of the molecule is COc1ccc(CN[C@H]2CCCC[C@H]2C)cc1C. The lowest BCUT2D eigenvalue weighted by Gasteiger charge is -2.29. The fraction of sp³-hybridized carbons (Fsp3) is 0.625. The minimum atomic E-state index is 0.696. The second kappa shape index (κ2) is 6.24. The van der Waals surface area contributed by atoms with Gasteiger partial charge in [0.1, 0.15) is 5.75 Å². The van der Waals surface area contributed by atoms with E-state index in [1.165, 1.54) is 36.8 Å². The number of hydrogen-bond acceptors (Lipinski definition) is 2. The van der Waals surface area contributed by atoms with E-state index in [4.69, 9.17) is 4.74 Å². The fourth-order valence-electron chi connectivity index (χ4n) is 2.92. The maximum Gasteiger partial charge on any atom is 0.121 e. The van der Waals surface area contributed by atoms with Crippen molar-refractivity contribution in [2.45, 2.75) is 52.1 Å². The molecule has 0 amide bonds. The van der Waals surface area contributed by atoms with Gasteiger partial charge in [-0.2, -0.15) is 0 Å². The predicted molar refractivity (Wildman–Crippen MR) is 76.0 cm³/mol. The highest BCUT2D eigenvalue weighted by atomic mass is 16.5. The minimum absolute atomic E-state index is 0.696. The molecule has 2 heteroatoms. The number of methoxy groups -OCH3 is 1. The predicted octanol–water partition coefficient (Wildman–Crippen LogP) is 3.67. The van der Waals surface area contributed by atoms with Gasteiger partial charge >= 0.3 is 0 Å². The normalized spacial score (nSPS) is 23.9. The Labute approximate surface area is 111 Å². The van der Waals surface area contributed by atoms with Crippen LogP contribution in [-0.2, 0) is 6.54 Å². The average molecular weight is 247 g/mol. The van der Waals surface area contributed by atoms with Gasteiger partial charge in [0.2, 0.25) is 0 Å². The molecule has 2 nitrogen and oxygen atoms in total. The van der Waals surface area contributed by atoms with Crippen molar-refractivity contribution in [2.24, 2.45) is 5.92 Å². The molecular formula is C16H25NO. The second-order valence-corrected chi connectivity index (χ2v) is 5.55. The van der Waals surface area contributed by atoms with E-state index >= 15 is 0 Å². The summed E-state index contributed by atoms with van der Waals surface area (Å²) in [5.74, 6) is 1.79. The summed E-state index contributed by atoms with van der Waals surface area (Å²) in [6.45, 7) is 5.45. The van der Waals surface area contributed by atoms with E-state index in [9.17, 15) is 0 Å². The number of ether oxygens (including phenoxy) is 1. The van der Waals surface area contributed by atoms with Crippen molar-refractivity contribution in [3.8, 4) is 5.75 Å². The molecule has 0 spiro atoms. The lowest BCUT2D eigenvalue weighted by molar-refractivity contribution is 0.279. The molecule has 1 N–H and O–H groups in total. The first-order chi connectivity index (χ1) is 8.70. The van der Waals surface area contributed by atoms with Gasteiger partial charge in [0, 0.05) is 12.6 Å². The summed E-state index contributed by atoms with van der Waals surface area (Å²) in [6.07, 6.45) is 5.49. The van der Waals surface area contributed by atoms with E-state index in [0.29, 0.717) is 6.04 Å². The largest absolute Gasteiger partial charge is 0.496 e. The van der Waals surface area contributed by atoms with E-state index in [2.05, 4.69) is 37.4 Å². The molecule has 0 aromatic heterocycles. The van der Waals surface area contributed by atoms with Gasteiger partial charge in [0.15, 0.2) is 0 Å². The van der Waals surface area contributed by atoms with E-state index < -0.39 is 0 Å². The van der Waals surface area contributed by atoms with Gasteiger partial charge in [-0.25, -0.2) is 0 Å². The molecule has 2 atom stereocenters. The molecule has 100 valence electrons. The third kappa shape index (κ3) is 3.26. The lowest BCUT2D eigenvalue weighted by atomic mass is 9.86. The third-order valence-corrected chi connectivity index (χ3v) is 4.14. The Morgan fingerprint density at radius 1 is 1.28 bits per heavy atom. The number of hydrogen-bond donors (Lipinski definition) is 1.